The van der Waals surface area contributed by atoms with Gasteiger partial charge in [-0.05, 0) is 38.5 Å². The van der Waals surface area contributed by atoms with Gasteiger partial charge in [0.15, 0.2) is 6.19 Å². The Labute approximate surface area is 135 Å². The number of nitriles is 3. The number of aromatic nitrogens is 2. The number of hydrogen-bond acceptors (Lipinski definition) is 5. The molecule has 0 saturated heterocycles. The molecule has 116 valence electrons. The summed E-state index contributed by atoms with van der Waals surface area (Å²) in [5.41, 5.74) is 1.51. The fourth-order valence-electron chi connectivity index (χ4n) is 1.75. The quantitative estimate of drug-likeness (QED) is 0.867. The first-order valence-corrected chi connectivity index (χ1v) is 7.04. The monoisotopic (exact) mass is 307 g/mol. The molecule has 1 unspecified atom stereocenters. The van der Waals surface area contributed by atoms with Crippen molar-refractivity contribution in [1.29, 1.82) is 15.8 Å². The molecule has 2 aromatic rings. The second-order valence-electron chi connectivity index (χ2n) is 4.60. The van der Waals surface area contributed by atoms with E-state index in [4.69, 9.17) is 20.5 Å². The Kier molecular flexibility index (Phi) is 6.85. The Balaban J connectivity index is 0.000000231. The normalized spacial score (nSPS) is 10.3. The first kappa shape index (κ1) is 17.8. The fraction of sp³-hybridized carbons (Fsp3) is 0.294. The van der Waals surface area contributed by atoms with Gasteiger partial charge in [0.25, 0.3) is 0 Å². The summed E-state index contributed by atoms with van der Waals surface area (Å²) in [7, 11) is 0. The first-order valence-electron chi connectivity index (χ1n) is 7.04. The zero-order valence-electron chi connectivity index (χ0n) is 13.3. The Morgan fingerprint density at radius 2 is 2.04 bits per heavy atom. The van der Waals surface area contributed by atoms with Crippen molar-refractivity contribution in [3.05, 3.63) is 47.4 Å². The number of imidazole rings is 1. The van der Waals surface area contributed by atoms with Crippen molar-refractivity contribution in [2.75, 3.05) is 6.61 Å². The van der Waals surface area contributed by atoms with Crippen LogP contribution in [0.25, 0.3) is 0 Å². The van der Waals surface area contributed by atoms with E-state index in [2.05, 4.69) is 11.1 Å². The molecule has 6 heteroatoms. The number of aryl methyl sites for hydroxylation is 1. The van der Waals surface area contributed by atoms with Gasteiger partial charge in [-0.1, -0.05) is 12.1 Å². The van der Waals surface area contributed by atoms with Crippen LogP contribution in [-0.4, -0.2) is 16.2 Å². The molecule has 1 heterocycles. The lowest BCUT2D eigenvalue weighted by molar-refractivity contribution is 0.321. The molecule has 23 heavy (non-hydrogen) atoms. The van der Waals surface area contributed by atoms with Crippen LogP contribution in [0.15, 0.2) is 30.5 Å². The SMILES string of the molecule is CC(C#N)c1cccc(C#N)c1.CCOc1cnc(C)n1C#N. The topological polar surface area (TPSA) is 98.4 Å². The molecule has 0 N–H and O–H groups in total. The molecule has 0 fully saturated rings. The van der Waals surface area contributed by atoms with Gasteiger partial charge in [-0.2, -0.15) is 15.8 Å². The molecule has 0 aliphatic rings. The van der Waals surface area contributed by atoms with E-state index in [-0.39, 0.29) is 5.92 Å². The van der Waals surface area contributed by atoms with Gasteiger partial charge in [0.2, 0.25) is 5.88 Å². The third-order valence-corrected chi connectivity index (χ3v) is 3.01. The van der Waals surface area contributed by atoms with Gasteiger partial charge in [-0.3, -0.25) is 0 Å². The zero-order valence-corrected chi connectivity index (χ0v) is 13.3. The largest absolute Gasteiger partial charge is 0.477 e. The van der Waals surface area contributed by atoms with Crippen molar-refractivity contribution in [2.24, 2.45) is 0 Å². The molecule has 0 saturated carbocycles. The second-order valence-corrected chi connectivity index (χ2v) is 4.60. The Bertz CT molecular complexity index is 774. The molecule has 0 aliphatic carbocycles. The molecule has 0 aliphatic heterocycles. The molecular weight excluding hydrogens is 290 g/mol. The number of hydrogen-bond donors (Lipinski definition) is 0. The third-order valence-electron chi connectivity index (χ3n) is 3.01. The van der Waals surface area contributed by atoms with Gasteiger partial charge in [0.05, 0.1) is 36.4 Å². The van der Waals surface area contributed by atoms with Crippen LogP contribution in [0.5, 0.6) is 5.88 Å². The second kappa shape index (κ2) is 8.87. The molecule has 1 atom stereocenters. The van der Waals surface area contributed by atoms with E-state index >= 15 is 0 Å². The Morgan fingerprint density at radius 1 is 1.30 bits per heavy atom. The highest BCUT2D eigenvalue weighted by atomic mass is 16.5. The molecular formula is C17H17N5O. The fourth-order valence-corrected chi connectivity index (χ4v) is 1.75. The summed E-state index contributed by atoms with van der Waals surface area (Å²) in [6.45, 7) is 5.99. The number of benzene rings is 1. The number of rotatable bonds is 3. The predicted molar refractivity (Wildman–Crippen MR) is 84.3 cm³/mol. The molecule has 0 bridgehead atoms. The summed E-state index contributed by atoms with van der Waals surface area (Å²) in [6.07, 6.45) is 3.50. The maximum Gasteiger partial charge on any atom is 0.227 e. The molecule has 1 aromatic heterocycles. The lowest BCUT2D eigenvalue weighted by Gasteiger charge is -2.01. The molecule has 0 spiro atoms. The van der Waals surface area contributed by atoms with Crippen LogP contribution < -0.4 is 4.74 Å². The maximum atomic E-state index is 8.62. The van der Waals surface area contributed by atoms with E-state index < -0.39 is 0 Å². The summed E-state index contributed by atoms with van der Waals surface area (Å²) in [5, 5.41) is 25.8. The minimum atomic E-state index is -0.140. The van der Waals surface area contributed by atoms with Crippen molar-refractivity contribution < 1.29 is 4.74 Å². The highest BCUT2D eigenvalue weighted by Gasteiger charge is 2.04. The maximum absolute atomic E-state index is 8.62. The van der Waals surface area contributed by atoms with Crippen molar-refractivity contribution in [2.45, 2.75) is 26.7 Å². The van der Waals surface area contributed by atoms with Crippen LogP contribution in [0.3, 0.4) is 0 Å². The standard InChI is InChI=1S/C10H8N2.C7H9N3O/c1-8(6-11)10-4-2-3-9(5-10)7-12;1-3-11-7-4-9-6(2)10(7)5-8/h2-5,8H,1H3;4H,3H2,1-2H3. The zero-order chi connectivity index (χ0) is 17.2. The van der Waals surface area contributed by atoms with Crippen molar-refractivity contribution in [3.8, 4) is 24.2 Å². The summed E-state index contributed by atoms with van der Waals surface area (Å²) < 4.78 is 6.48. The Hall–Kier alpha value is -3.30. The molecule has 2 rings (SSSR count). The summed E-state index contributed by atoms with van der Waals surface area (Å²) >= 11 is 0. The van der Waals surface area contributed by atoms with Crippen LogP contribution in [0.1, 0.15) is 36.7 Å². The van der Waals surface area contributed by atoms with Crippen LogP contribution in [-0.2, 0) is 0 Å². The summed E-state index contributed by atoms with van der Waals surface area (Å²) in [5.74, 6) is 1.02. The van der Waals surface area contributed by atoms with Gasteiger partial charge >= 0.3 is 0 Å². The molecule has 0 amide bonds. The third kappa shape index (κ3) is 4.88. The van der Waals surface area contributed by atoms with Gasteiger partial charge in [0.1, 0.15) is 5.82 Å². The lowest BCUT2D eigenvalue weighted by Crippen LogP contribution is -1.99. The van der Waals surface area contributed by atoms with Crippen LogP contribution in [0.4, 0.5) is 0 Å². The van der Waals surface area contributed by atoms with Gasteiger partial charge < -0.3 is 4.74 Å². The van der Waals surface area contributed by atoms with Gasteiger partial charge in [0, 0.05) is 0 Å². The number of nitrogens with zero attached hydrogens (tertiary/aromatic N) is 5. The van der Waals surface area contributed by atoms with E-state index in [1.165, 1.54) is 4.57 Å². The van der Waals surface area contributed by atoms with E-state index in [0.29, 0.717) is 23.9 Å². The predicted octanol–water partition coefficient (Wildman–Crippen LogP) is 3.10. The minimum absolute atomic E-state index is 0.140. The van der Waals surface area contributed by atoms with Crippen LogP contribution in [0.2, 0.25) is 0 Å². The van der Waals surface area contributed by atoms with Crippen LogP contribution in [0, 0.1) is 41.0 Å². The summed E-state index contributed by atoms with van der Waals surface area (Å²) in [4.78, 5) is 3.92. The van der Waals surface area contributed by atoms with Crippen molar-refractivity contribution in [1.82, 2.24) is 9.55 Å². The van der Waals surface area contributed by atoms with Gasteiger partial charge in [-0.25, -0.2) is 9.55 Å². The Morgan fingerprint density at radius 3 is 2.61 bits per heavy atom. The van der Waals surface area contributed by atoms with E-state index in [0.717, 1.165) is 5.56 Å². The average Bonchev–Trinajstić information content (AvgIpc) is 2.94. The van der Waals surface area contributed by atoms with Crippen LogP contribution >= 0.6 is 0 Å². The van der Waals surface area contributed by atoms with Crippen molar-refractivity contribution in [3.63, 3.8) is 0 Å². The number of ether oxygens (including phenoxy) is 1. The molecule has 6 nitrogen and oxygen atoms in total. The highest BCUT2D eigenvalue weighted by Crippen LogP contribution is 2.14. The molecule has 1 aromatic carbocycles. The van der Waals surface area contributed by atoms with E-state index in [1.54, 1.807) is 31.3 Å². The first-order chi connectivity index (χ1) is 11.1. The lowest BCUT2D eigenvalue weighted by atomic mass is 10.0. The highest BCUT2D eigenvalue weighted by molar-refractivity contribution is 5.35. The van der Waals surface area contributed by atoms with E-state index in [1.807, 2.05) is 32.2 Å². The van der Waals surface area contributed by atoms with Gasteiger partial charge in [-0.15, -0.1) is 0 Å². The smallest absolute Gasteiger partial charge is 0.227 e. The van der Waals surface area contributed by atoms with Crippen molar-refractivity contribution >= 4 is 0 Å². The summed E-state index contributed by atoms with van der Waals surface area (Å²) in [6, 6.07) is 11.3. The minimum Gasteiger partial charge on any atom is -0.477 e. The molecule has 0 radical (unpaired) electrons. The average molecular weight is 307 g/mol. The van der Waals surface area contributed by atoms with E-state index in [9.17, 15) is 0 Å².